The number of likely N-dealkylation sites (tertiary alicyclic amines) is 1. The van der Waals surface area contributed by atoms with Gasteiger partial charge in [-0.15, -0.1) is 0 Å². The normalized spacial score (nSPS) is 16.1. The molecule has 1 amide bonds. The minimum absolute atomic E-state index is 0.0240. The average Bonchev–Trinajstić information content (AvgIpc) is 3.50. The van der Waals surface area contributed by atoms with Gasteiger partial charge in [-0.1, -0.05) is 42.6 Å². The fourth-order valence-corrected chi connectivity index (χ4v) is 4.15. The summed E-state index contributed by atoms with van der Waals surface area (Å²) in [6.07, 6.45) is 6.03. The molecule has 5 rings (SSSR count). The van der Waals surface area contributed by atoms with Crippen LogP contribution in [-0.2, 0) is 4.79 Å². The van der Waals surface area contributed by atoms with Gasteiger partial charge in [-0.25, -0.2) is 14.6 Å². The van der Waals surface area contributed by atoms with Crippen molar-refractivity contribution in [3.8, 4) is 22.6 Å². The predicted molar refractivity (Wildman–Crippen MR) is 124 cm³/mol. The lowest BCUT2D eigenvalue weighted by atomic mass is 10.1. The molecule has 2 N–H and O–H groups in total. The van der Waals surface area contributed by atoms with E-state index in [1.165, 1.54) is 18.5 Å². The van der Waals surface area contributed by atoms with Crippen molar-refractivity contribution in [2.75, 3.05) is 18.8 Å². The molecular formula is C23H22N8O2. The molecule has 0 radical (unpaired) electrons. The van der Waals surface area contributed by atoms with E-state index in [2.05, 4.69) is 33.3 Å². The lowest BCUT2D eigenvalue weighted by Gasteiger charge is -2.32. The molecule has 1 aliphatic rings. The number of carbonyl (C=O) groups excluding carboxylic acids is 1. The smallest absolute Gasteiger partial charge is 0.250 e. The number of carbonyl (C=O) groups is 1. The molecular weight excluding hydrogens is 420 g/mol. The first-order valence-electron chi connectivity index (χ1n) is 10.6. The number of anilines is 1. The van der Waals surface area contributed by atoms with Crippen molar-refractivity contribution in [2.24, 2.45) is 0 Å². The SMILES string of the molecule is C=CC(=O)N1CCCC(n2nc(-c3ccc(-c4noc(C=C)n4)cc3)c3c(N)ncnc32)C1. The monoisotopic (exact) mass is 442 g/mol. The fourth-order valence-electron chi connectivity index (χ4n) is 4.15. The van der Waals surface area contributed by atoms with Crippen LogP contribution in [0.4, 0.5) is 5.82 Å². The minimum Gasteiger partial charge on any atom is -0.383 e. The highest BCUT2D eigenvalue weighted by molar-refractivity contribution is 5.98. The fraction of sp³-hybridized carbons (Fsp3) is 0.217. The predicted octanol–water partition coefficient (Wildman–Crippen LogP) is 3.12. The van der Waals surface area contributed by atoms with Crippen molar-refractivity contribution in [3.63, 3.8) is 0 Å². The van der Waals surface area contributed by atoms with E-state index >= 15 is 0 Å². The molecule has 0 aliphatic carbocycles. The largest absolute Gasteiger partial charge is 0.383 e. The van der Waals surface area contributed by atoms with Gasteiger partial charge >= 0.3 is 0 Å². The van der Waals surface area contributed by atoms with E-state index < -0.39 is 0 Å². The second kappa shape index (κ2) is 8.30. The standard InChI is InChI=1S/C23H22N8O2/c1-3-17-27-22(29-33-17)15-9-7-14(8-10-15)20-19-21(24)25-13-26-23(19)31(28-20)16-6-5-11-30(12-16)18(32)4-2/h3-4,7-10,13,16H,1-2,5-6,11-12H2,(H2,24,25,26). The maximum Gasteiger partial charge on any atom is 0.250 e. The average molecular weight is 442 g/mol. The summed E-state index contributed by atoms with van der Waals surface area (Å²) in [6.45, 7) is 8.47. The number of nitrogens with zero attached hydrogens (tertiary/aromatic N) is 7. The molecule has 0 spiro atoms. The molecule has 1 unspecified atom stereocenters. The Morgan fingerprint density at radius 1 is 1.18 bits per heavy atom. The number of amides is 1. The Labute approximate surface area is 189 Å². The van der Waals surface area contributed by atoms with Gasteiger partial charge in [-0.05, 0) is 25.0 Å². The van der Waals surface area contributed by atoms with Crippen LogP contribution in [0.2, 0.25) is 0 Å². The van der Waals surface area contributed by atoms with Crippen molar-refractivity contribution >= 4 is 28.8 Å². The summed E-state index contributed by atoms with van der Waals surface area (Å²) in [7, 11) is 0. The number of nitrogen functional groups attached to an aromatic ring is 1. The number of fused-ring (bicyclic) bond motifs is 1. The molecule has 1 aromatic carbocycles. The molecule has 0 saturated carbocycles. The Hall–Kier alpha value is -4.34. The number of piperidine rings is 1. The third kappa shape index (κ3) is 3.65. The lowest BCUT2D eigenvalue weighted by molar-refractivity contribution is -0.127. The van der Waals surface area contributed by atoms with Crippen LogP contribution < -0.4 is 5.73 Å². The van der Waals surface area contributed by atoms with E-state index in [0.717, 1.165) is 24.0 Å². The van der Waals surface area contributed by atoms with Crippen LogP contribution in [0.25, 0.3) is 39.8 Å². The summed E-state index contributed by atoms with van der Waals surface area (Å²) >= 11 is 0. The minimum atomic E-state index is -0.0813. The maximum absolute atomic E-state index is 12.2. The van der Waals surface area contributed by atoms with Crippen LogP contribution in [0.1, 0.15) is 24.8 Å². The first-order chi connectivity index (χ1) is 16.1. The van der Waals surface area contributed by atoms with E-state index in [1.54, 1.807) is 4.90 Å². The number of benzene rings is 1. The zero-order chi connectivity index (χ0) is 22.9. The second-order valence-electron chi connectivity index (χ2n) is 7.77. The van der Waals surface area contributed by atoms with Crippen molar-refractivity contribution in [2.45, 2.75) is 18.9 Å². The second-order valence-corrected chi connectivity index (χ2v) is 7.77. The Bertz CT molecular complexity index is 1350. The Morgan fingerprint density at radius 2 is 1.97 bits per heavy atom. The molecule has 4 aromatic rings. The van der Waals surface area contributed by atoms with Crippen LogP contribution in [0.5, 0.6) is 0 Å². The summed E-state index contributed by atoms with van der Waals surface area (Å²) < 4.78 is 6.97. The van der Waals surface area contributed by atoms with E-state index in [1.807, 2.05) is 28.9 Å². The van der Waals surface area contributed by atoms with Gasteiger partial charge in [0.05, 0.1) is 11.4 Å². The van der Waals surface area contributed by atoms with Crippen molar-refractivity contribution in [3.05, 3.63) is 55.7 Å². The Morgan fingerprint density at radius 3 is 2.70 bits per heavy atom. The summed E-state index contributed by atoms with van der Waals surface area (Å²) in [5.74, 6) is 1.11. The van der Waals surface area contributed by atoms with Gasteiger partial charge in [0, 0.05) is 24.2 Å². The van der Waals surface area contributed by atoms with Crippen molar-refractivity contribution in [1.29, 1.82) is 0 Å². The first-order valence-corrected chi connectivity index (χ1v) is 10.6. The molecule has 33 heavy (non-hydrogen) atoms. The van der Waals surface area contributed by atoms with Crippen LogP contribution in [0.15, 0.2) is 54.3 Å². The van der Waals surface area contributed by atoms with Gasteiger partial charge in [0.25, 0.3) is 0 Å². The van der Waals surface area contributed by atoms with Gasteiger partial charge in [0.15, 0.2) is 5.65 Å². The highest BCUT2D eigenvalue weighted by atomic mass is 16.5. The quantitative estimate of drug-likeness (QED) is 0.467. The van der Waals surface area contributed by atoms with Crippen LogP contribution >= 0.6 is 0 Å². The van der Waals surface area contributed by atoms with Gasteiger partial charge < -0.3 is 15.2 Å². The van der Waals surface area contributed by atoms with Crippen LogP contribution in [0, 0.1) is 0 Å². The molecule has 1 fully saturated rings. The van der Waals surface area contributed by atoms with Gasteiger partial charge in [0.1, 0.15) is 17.8 Å². The Kier molecular flexibility index (Phi) is 5.17. The number of aromatic nitrogens is 6. The number of nitrogens with two attached hydrogens (primary N) is 1. The van der Waals surface area contributed by atoms with Crippen molar-refractivity contribution in [1.82, 2.24) is 34.8 Å². The van der Waals surface area contributed by atoms with E-state index in [4.69, 9.17) is 15.4 Å². The maximum atomic E-state index is 12.2. The summed E-state index contributed by atoms with van der Waals surface area (Å²) in [5, 5.41) is 9.54. The molecule has 10 nitrogen and oxygen atoms in total. The van der Waals surface area contributed by atoms with Gasteiger partial charge in [-0.2, -0.15) is 10.1 Å². The van der Waals surface area contributed by atoms with Crippen LogP contribution in [0.3, 0.4) is 0 Å². The third-order valence-electron chi connectivity index (χ3n) is 5.78. The van der Waals surface area contributed by atoms with E-state index in [-0.39, 0.29) is 11.9 Å². The molecule has 1 atom stereocenters. The van der Waals surface area contributed by atoms with Crippen molar-refractivity contribution < 1.29 is 9.32 Å². The van der Waals surface area contributed by atoms with Gasteiger partial charge in [-0.3, -0.25) is 4.79 Å². The Balaban J connectivity index is 1.54. The molecule has 1 saturated heterocycles. The van der Waals surface area contributed by atoms with E-state index in [9.17, 15) is 4.79 Å². The third-order valence-corrected chi connectivity index (χ3v) is 5.78. The molecule has 166 valence electrons. The molecule has 4 heterocycles. The number of rotatable bonds is 5. The van der Waals surface area contributed by atoms with Gasteiger partial charge in [0.2, 0.25) is 17.6 Å². The number of hydrogen-bond donors (Lipinski definition) is 1. The zero-order valence-corrected chi connectivity index (χ0v) is 17.9. The lowest BCUT2D eigenvalue weighted by Crippen LogP contribution is -2.40. The molecule has 1 aliphatic heterocycles. The number of hydrogen-bond acceptors (Lipinski definition) is 8. The molecule has 0 bridgehead atoms. The summed E-state index contributed by atoms with van der Waals surface area (Å²) in [6, 6.07) is 7.61. The molecule has 3 aromatic heterocycles. The summed E-state index contributed by atoms with van der Waals surface area (Å²) in [5.41, 5.74) is 9.23. The topological polar surface area (TPSA) is 129 Å². The first kappa shape index (κ1) is 20.6. The highest BCUT2D eigenvalue weighted by Crippen LogP contribution is 2.34. The zero-order valence-electron chi connectivity index (χ0n) is 17.9. The van der Waals surface area contributed by atoms with Crippen LogP contribution in [-0.4, -0.2) is 53.8 Å². The summed E-state index contributed by atoms with van der Waals surface area (Å²) in [4.78, 5) is 26.9. The molecule has 10 heteroatoms. The highest BCUT2D eigenvalue weighted by Gasteiger charge is 2.28. The van der Waals surface area contributed by atoms with E-state index in [0.29, 0.717) is 47.3 Å².